The van der Waals surface area contributed by atoms with Crippen molar-refractivity contribution in [2.24, 2.45) is 5.73 Å². The van der Waals surface area contributed by atoms with Crippen molar-refractivity contribution >= 4 is 53.8 Å². The van der Waals surface area contributed by atoms with Crippen LogP contribution in [0.2, 0.25) is 1.41 Å². The molecular formula is C35H54ClN5O8S. The van der Waals surface area contributed by atoms with Crippen LogP contribution in [0.15, 0.2) is 42.5 Å². The molecule has 0 fully saturated rings. The normalized spacial score (nSPS) is 12.4. The summed E-state index contributed by atoms with van der Waals surface area (Å²) in [6.07, 6.45) is 6.02. The number of carbonyl (C=O) groups is 5. The second-order valence-corrected chi connectivity index (χ2v) is 12.7. The van der Waals surface area contributed by atoms with Crippen LogP contribution in [0.1, 0.15) is 60.8 Å². The Bertz CT molecular complexity index is 1370. The number of aryl methyl sites for hydroxylation is 2. The quantitative estimate of drug-likeness (QED) is 0.0765. The van der Waals surface area contributed by atoms with E-state index in [4.69, 9.17) is 1.41 Å². The lowest BCUT2D eigenvalue weighted by molar-refractivity contribution is -0.140. The number of rotatable bonds is 22. The van der Waals surface area contributed by atoms with Crippen molar-refractivity contribution in [2.75, 3.05) is 32.2 Å². The van der Waals surface area contributed by atoms with Gasteiger partial charge in [0.1, 0.15) is 19.2 Å². The zero-order valence-corrected chi connectivity index (χ0v) is 30.9. The van der Waals surface area contributed by atoms with Crippen molar-refractivity contribution < 1.29 is 40.7 Å². The summed E-state index contributed by atoms with van der Waals surface area (Å²) in [4.78, 5) is 63.8. The lowest BCUT2D eigenvalue weighted by Crippen LogP contribution is -2.54. The molecule has 13 nitrogen and oxygen atoms in total. The van der Waals surface area contributed by atoms with E-state index >= 15 is 0 Å². The SMILES string of the molecule is Cl.O.[2H]N[C@@H](Cc1c(C)cc(O)cc1C)C(=O)N[C@@H](CCSC)C(=O)NCC(=O)N[C@@H](Cc1ccccc1)C(=O)NCCCCCCC(=O)OC. The molecule has 2 aromatic carbocycles. The number of amides is 4. The number of methoxy groups -OCH3 is 1. The number of halogens is 1. The van der Waals surface area contributed by atoms with E-state index in [2.05, 4.69) is 31.7 Å². The Morgan fingerprint density at radius 1 is 0.900 bits per heavy atom. The molecule has 0 aliphatic heterocycles. The van der Waals surface area contributed by atoms with E-state index in [0.29, 0.717) is 38.0 Å². The summed E-state index contributed by atoms with van der Waals surface area (Å²) in [5.74, 6) is -1.59. The van der Waals surface area contributed by atoms with Crippen molar-refractivity contribution in [3.8, 4) is 5.75 Å². The highest BCUT2D eigenvalue weighted by atomic mass is 35.5. The van der Waals surface area contributed by atoms with Crippen LogP contribution >= 0.6 is 24.2 Å². The number of nitrogens with two attached hydrogens (primary N) is 1. The fourth-order valence-electron chi connectivity index (χ4n) is 5.15. The van der Waals surface area contributed by atoms with Gasteiger partial charge in [0.2, 0.25) is 23.6 Å². The van der Waals surface area contributed by atoms with E-state index < -0.39 is 42.4 Å². The monoisotopic (exact) mass is 740 g/mol. The maximum Gasteiger partial charge on any atom is 0.305 e. The number of phenolic OH excluding ortho intramolecular Hbond substituents is 1. The fourth-order valence-corrected chi connectivity index (χ4v) is 5.62. The van der Waals surface area contributed by atoms with Gasteiger partial charge < -0.3 is 42.3 Å². The number of carbonyl (C=O) groups excluding carboxylic acids is 5. The first kappa shape index (κ1) is 44.2. The molecule has 2 aromatic rings. The van der Waals surface area contributed by atoms with Gasteiger partial charge in [-0.05, 0) is 85.9 Å². The van der Waals surface area contributed by atoms with Crippen molar-refractivity contribution in [3.63, 3.8) is 0 Å². The molecule has 0 saturated carbocycles. The van der Waals surface area contributed by atoms with E-state index in [0.717, 1.165) is 35.1 Å². The molecule has 15 heteroatoms. The van der Waals surface area contributed by atoms with Gasteiger partial charge in [-0.2, -0.15) is 11.8 Å². The van der Waals surface area contributed by atoms with E-state index in [1.807, 2.05) is 50.4 Å². The summed E-state index contributed by atoms with van der Waals surface area (Å²) in [6.45, 7) is 3.63. The summed E-state index contributed by atoms with van der Waals surface area (Å²) in [5.41, 5.74) is 5.49. The fraction of sp³-hybridized carbons (Fsp3) is 0.514. The predicted molar refractivity (Wildman–Crippen MR) is 198 cm³/mol. The molecule has 0 radical (unpaired) electrons. The topological polar surface area (TPSA) is 220 Å². The molecule has 0 aromatic heterocycles. The molecule has 9 N–H and O–H groups in total. The number of phenols is 1. The third-order valence-electron chi connectivity index (χ3n) is 7.84. The summed E-state index contributed by atoms with van der Waals surface area (Å²) in [6, 6.07) is 9.64. The molecule has 0 spiro atoms. The van der Waals surface area contributed by atoms with Gasteiger partial charge in [0, 0.05) is 19.4 Å². The van der Waals surface area contributed by atoms with Crippen molar-refractivity contribution in [1.29, 1.82) is 0 Å². The van der Waals surface area contributed by atoms with Crippen LogP contribution in [0.3, 0.4) is 0 Å². The van der Waals surface area contributed by atoms with Crippen LogP contribution < -0.4 is 27.0 Å². The standard InChI is InChI=1S/C35H51N5O7S.ClH.H2O/c1-23-18-26(41)19-24(2)27(23)21-28(36)33(44)40-29(15-17-48-4)34(45)38-22-31(42)39-30(20-25-12-8-7-9-13-25)35(46)37-16-11-6-5-10-14-32(43)47-3;;/h7-9,12-13,18-19,28-30,41H,5-6,10-11,14-17,20-22,36H2,1-4H3,(H,37,46)(H,38,45)(H,39,42)(H,40,44);1H;1H2/t28-,29-,30-;;/m0../s1/i/hD. The predicted octanol–water partition coefficient (Wildman–Crippen LogP) is 1.80. The molecule has 0 bridgehead atoms. The van der Waals surface area contributed by atoms with Crippen LogP contribution in [0.5, 0.6) is 5.75 Å². The third-order valence-corrected chi connectivity index (χ3v) is 8.49. The van der Waals surface area contributed by atoms with Gasteiger partial charge in [-0.15, -0.1) is 12.4 Å². The van der Waals surface area contributed by atoms with Gasteiger partial charge in [-0.25, -0.2) is 0 Å². The van der Waals surface area contributed by atoms with E-state index in [-0.39, 0.29) is 48.4 Å². The molecule has 2 rings (SSSR count). The van der Waals surface area contributed by atoms with Crippen LogP contribution in [0.25, 0.3) is 0 Å². The molecule has 0 unspecified atom stereocenters. The highest BCUT2D eigenvalue weighted by Crippen LogP contribution is 2.22. The average molecular weight is 741 g/mol. The Morgan fingerprint density at radius 3 is 2.16 bits per heavy atom. The Kier molecular flexibility index (Phi) is 22.2. The Morgan fingerprint density at radius 2 is 1.54 bits per heavy atom. The lowest BCUT2D eigenvalue weighted by Gasteiger charge is -2.22. The van der Waals surface area contributed by atoms with Crippen molar-refractivity contribution in [3.05, 3.63) is 64.7 Å². The third kappa shape index (κ3) is 17.2. The Balaban J connectivity index is 0.0000125. The van der Waals surface area contributed by atoms with Gasteiger partial charge in [0.25, 0.3) is 0 Å². The molecule has 0 saturated heterocycles. The Labute approximate surface area is 306 Å². The van der Waals surface area contributed by atoms with Crippen molar-refractivity contribution in [2.45, 2.75) is 83.3 Å². The van der Waals surface area contributed by atoms with Gasteiger partial charge in [-0.1, -0.05) is 43.2 Å². The van der Waals surface area contributed by atoms with Crippen LogP contribution in [0.4, 0.5) is 0 Å². The number of esters is 1. The van der Waals surface area contributed by atoms with Crippen molar-refractivity contribution in [1.82, 2.24) is 21.3 Å². The van der Waals surface area contributed by atoms with E-state index in [1.54, 1.807) is 12.1 Å². The number of aromatic hydroxyl groups is 1. The highest BCUT2D eigenvalue weighted by molar-refractivity contribution is 7.98. The number of benzene rings is 2. The number of unbranched alkanes of at least 4 members (excludes halogenated alkanes) is 3. The minimum Gasteiger partial charge on any atom is -0.508 e. The van der Waals surface area contributed by atoms with E-state index in [9.17, 15) is 29.1 Å². The smallest absolute Gasteiger partial charge is 0.305 e. The summed E-state index contributed by atoms with van der Waals surface area (Å²) >= 11 is 1.50. The summed E-state index contributed by atoms with van der Waals surface area (Å²) in [5, 5.41) is 20.8. The van der Waals surface area contributed by atoms with Gasteiger partial charge in [0.05, 0.1) is 19.7 Å². The number of ether oxygens (including phenoxy) is 1. The second kappa shape index (κ2) is 25.2. The highest BCUT2D eigenvalue weighted by Gasteiger charge is 2.26. The first-order chi connectivity index (χ1) is 23.5. The maximum absolute atomic E-state index is 13.2. The number of hydrogen-bond donors (Lipinski definition) is 6. The second-order valence-electron chi connectivity index (χ2n) is 11.7. The number of nitrogens with one attached hydrogen (secondary N) is 4. The average Bonchev–Trinajstić information content (AvgIpc) is 3.08. The largest absolute Gasteiger partial charge is 0.508 e. The molecule has 280 valence electrons. The van der Waals surface area contributed by atoms with Crippen LogP contribution in [-0.2, 0) is 41.6 Å². The number of hydrogen-bond acceptors (Lipinski definition) is 9. The molecule has 0 heterocycles. The minimum absolute atomic E-state index is 0. The van der Waals surface area contributed by atoms with Gasteiger partial charge in [0.15, 0.2) is 0 Å². The molecule has 4 amide bonds. The zero-order chi connectivity index (χ0) is 36.2. The maximum atomic E-state index is 13.2. The Hall–Kier alpha value is -3.85. The first-order valence-corrected chi connectivity index (χ1v) is 17.6. The summed E-state index contributed by atoms with van der Waals surface area (Å²) in [7, 11) is 1.36. The summed E-state index contributed by atoms with van der Waals surface area (Å²) < 4.78 is 12.4. The first-order valence-electron chi connectivity index (χ1n) is 16.7. The van der Waals surface area contributed by atoms with Crippen LogP contribution in [-0.4, -0.2) is 90.5 Å². The molecule has 0 aliphatic rings. The molecule has 3 atom stereocenters. The molecule has 0 aliphatic carbocycles. The van der Waals surface area contributed by atoms with Gasteiger partial charge >= 0.3 is 5.97 Å². The van der Waals surface area contributed by atoms with Crippen LogP contribution in [0, 0.1) is 13.8 Å². The zero-order valence-electron chi connectivity index (χ0n) is 30.3. The minimum atomic E-state index is -0.966. The van der Waals surface area contributed by atoms with Gasteiger partial charge in [-0.3, -0.25) is 24.0 Å². The number of thioether (sulfide) groups is 1. The molecular weight excluding hydrogens is 686 g/mol. The molecule has 50 heavy (non-hydrogen) atoms. The lowest BCUT2D eigenvalue weighted by atomic mass is 9.96. The van der Waals surface area contributed by atoms with E-state index in [1.165, 1.54) is 18.9 Å².